The summed E-state index contributed by atoms with van der Waals surface area (Å²) in [5.74, 6) is 1.80. The first kappa shape index (κ1) is 12.9. The van der Waals surface area contributed by atoms with Gasteiger partial charge in [0.1, 0.15) is 17.7 Å². The molecule has 1 aliphatic rings. The summed E-state index contributed by atoms with van der Waals surface area (Å²) < 4.78 is 2.22. The van der Waals surface area contributed by atoms with Crippen molar-refractivity contribution in [2.24, 2.45) is 0 Å². The predicted octanol–water partition coefficient (Wildman–Crippen LogP) is 2.75. The van der Waals surface area contributed by atoms with Crippen LogP contribution in [0, 0.1) is 11.3 Å². The van der Waals surface area contributed by atoms with E-state index in [4.69, 9.17) is 16.9 Å². The van der Waals surface area contributed by atoms with Crippen LogP contribution in [0.2, 0.25) is 5.02 Å². The van der Waals surface area contributed by atoms with Gasteiger partial charge in [0.25, 0.3) is 0 Å². The van der Waals surface area contributed by atoms with Crippen molar-refractivity contribution in [2.75, 3.05) is 5.32 Å². The van der Waals surface area contributed by atoms with Crippen LogP contribution in [0.25, 0.3) is 0 Å². The highest BCUT2D eigenvalue weighted by molar-refractivity contribution is 6.31. The SMILES string of the molecule is N#Cc1cc(NCc2cn3c(n2)CCCC3)ncc1Cl. The number of hydrogen-bond donors (Lipinski definition) is 1. The number of hydrogen-bond acceptors (Lipinski definition) is 4. The normalized spacial score (nSPS) is 13.6. The molecule has 0 bridgehead atoms. The third kappa shape index (κ3) is 2.61. The largest absolute Gasteiger partial charge is 0.364 e. The molecule has 6 heteroatoms. The van der Waals surface area contributed by atoms with Crippen molar-refractivity contribution in [1.82, 2.24) is 14.5 Å². The Balaban J connectivity index is 1.70. The van der Waals surface area contributed by atoms with E-state index in [0.717, 1.165) is 24.5 Å². The number of nitrogens with one attached hydrogen (secondary N) is 1. The van der Waals surface area contributed by atoms with Crippen LogP contribution in [0.4, 0.5) is 5.82 Å². The molecule has 1 aliphatic heterocycles. The fourth-order valence-electron chi connectivity index (χ4n) is 2.36. The Kier molecular flexibility index (Phi) is 3.57. The predicted molar refractivity (Wildman–Crippen MR) is 76.5 cm³/mol. The number of aromatic nitrogens is 3. The average Bonchev–Trinajstić information content (AvgIpc) is 2.89. The van der Waals surface area contributed by atoms with E-state index in [-0.39, 0.29) is 0 Å². The molecule has 2 aromatic heterocycles. The Hall–Kier alpha value is -2.06. The number of aryl methyl sites for hydroxylation is 2. The molecule has 0 aromatic carbocycles. The van der Waals surface area contributed by atoms with Crippen LogP contribution in [0.3, 0.4) is 0 Å². The van der Waals surface area contributed by atoms with Crippen LogP contribution < -0.4 is 5.32 Å². The molecular formula is C14H14ClN5. The van der Waals surface area contributed by atoms with Crippen molar-refractivity contribution in [3.05, 3.63) is 40.6 Å². The Morgan fingerprint density at radius 1 is 1.45 bits per heavy atom. The van der Waals surface area contributed by atoms with Crippen molar-refractivity contribution in [3.8, 4) is 6.07 Å². The van der Waals surface area contributed by atoms with Gasteiger partial charge in [-0.05, 0) is 18.9 Å². The fourth-order valence-corrected chi connectivity index (χ4v) is 2.50. The zero-order valence-electron chi connectivity index (χ0n) is 10.9. The quantitative estimate of drug-likeness (QED) is 0.942. The summed E-state index contributed by atoms with van der Waals surface area (Å²) >= 11 is 5.85. The lowest BCUT2D eigenvalue weighted by molar-refractivity contribution is 0.522. The van der Waals surface area contributed by atoms with E-state index in [1.165, 1.54) is 19.0 Å². The summed E-state index contributed by atoms with van der Waals surface area (Å²) in [5.41, 5.74) is 1.42. The van der Waals surface area contributed by atoms with Crippen molar-refractivity contribution in [3.63, 3.8) is 0 Å². The highest BCUT2D eigenvalue weighted by Gasteiger charge is 2.12. The summed E-state index contributed by atoms with van der Waals surface area (Å²) in [7, 11) is 0. The number of fused-ring (bicyclic) bond motifs is 1. The molecular weight excluding hydrogens is 274 g/mol. The van der Waals surface area contributed by atoms with E-state index in [1.807, 2.05) is 6.07 Å². The van der Waals surface area contributed by atoms with Crippen molar-refractivity contribution < 1.29 is 0 Å². The lowest BCUT2D eigenvalue weighted by Gasteiger charge is -2.11. The first-order valence-corrected chi connectivity index (χ1v) is 6.98. The van der Waals surface area contributed by atoms with Gasteiger partial charge in [0.15, 0.2) is 0 Å². The molecule has 0 fully saturated rings. The number of imidazole rings is 1. The number of rotatable bonds is 3. The van der Waals surface area contributed by atoms with Crippen molar-refractivity contribution in [1.29, 1.82) is 5.26 Å². The Morgan fingerprint density at radius 3 is 3.15 bits per heavy atom. The third-order valence-corrected chi connectivity index (χ3v) is 3.69. The van der Waals surface area contributed by atoms with Gasteiger partial charge in [-0.1, -0.05) is 11.6 Å². The second-order valence-corrected chi connectivity index (χ2v) is 5.22. The highest BCUT2D eigenvalue weighted by atomic mass is 35.5. The maximum atomic E-state index is 8.93. The first-order valence-electron chi connectivity index (χ1n) is 6.61. The summed E-state index contributed by atoms with van der Waals surface area (Å²) in [6.07, 6.45) is 7.07. The minimum Gasteiger partial charge on any atom is -0.364 e. The molecule has 5 nitrogen and oxygen atoms in total. The van der Waals surface area contributed by atoms with Gasteiger partial charge in [-0.2, -0.15) is 5.26 Å². The molecule has 1 N–H and O–H groups in total. The van der Waals surface area contributed by atoms with Gasteiger partial charge in [0.05, 0.1) is 22.8 Å². The minimum atomic E-state index is 0.371. The van der Waals surface area contributed by atoms with E-state index in [9.17, 15) is 0 Å². The molecule has 0 unspecified atom stereocenters. The molecule has 3 rings (SSSR count). The summed E-state index contributed by atoms with van der Waals surface area (Å²) in [4.78, 5) is 8.76. The molecule has 0 amide bonds. The number of nitriles is 1. The molecule has 0 atom stereocenters. The lowest BCUT2D eigenvalue weighted by Crippen LogP contribution is -2.08. The Bertz CT molecular complexity index is 647. The van der Waals surface area contributed by atoms with Crippen LogP contribution in [0.15, 0.2) is 18.5 Å². The topological polar surface area (TPSA) is 66.5 Å². The second kappa shape index (κ2) is 5.51. The minimum absolute atomic E-state index is 0.371. The Morgan fingerprint density at radius 2 is 2.35 bits per heavy atom. The zero-order valence-corrected chi connectivity index (χ0v) is 11.7. The molecule has 0 saturated heterocycles. The lowest BCUT2D eigenvalue weighted by atomic mass is 10.2. The van der Waals surface area contributed by atoms with Crippen LogP contribution in [0.1, 0.15) is 29.9 Å². The first-order chi connectivity index (χ1) is 9.76. The molecule has 0 saturated carbocycles. The van der Waals surface area contributed by atoms with Crippen LogP contribution in [-0.4, -0.2) is 14.5 Å². The van der Waals surface area contributed by atoms with Crippen molar-refractivity contribution in [2.45, 2.75) is 32.4 Å². The fraction of sp³-hybridized carbons (Fsp3) is 0.357. The number of pyridine rings is 1. The third-order valence-electron chi connectivity index (χ3n) is 3.38. The van der Waals surface area contributed by atoms with Gasteiger partial charge in [-0.3, -0.25) is 0 Å². The van der Waals surface area contributed by atoms with E-state index < -0.39 is 0 Å². The Labute approximate surface area is 122 Å². The molecule has 0 aliphatic carbocycles. The molecule has 102 valence electrons. The van der Waals surface area contributed by atoms with Crippen LogP contribution in [0.5, 0.6) is 0 Å². The van der Waals surface area contributed by atoms with Gasteiger partial charge in [0.2, 0.25) is 0 Å². The monoisotopic (exact) mass is 287 g/mol. The van der Waals surface area contributed by atoms with Gasteiger partial charge in [-0.25, -0.2) is 9.97 Å². The molecule has 0 spiro atoms. The standard InChI is InChI=1S/C14H14ClN5/c15-12-8-18-13(5-10(12)6-16)17-7-11-9-20-4-2-1-3-14(20)19-11/h5,8-9H,1-4,7H2,(H,17,18). The number of halogens is 1. The smallest absolute Gasteiger partial charge is 0.127 e. The molecule has 3 heterocycles. The van der Waals surface area contributed by atoms with Gasteiger partial charge >= 0.3 is 0 Å². The van der Waals surface area contributed by atoms with E-state index in [1.54, 1.807) is 6.07 Å². The zero-order chi connectivity index (χ0) is 13.9. The average molecular weight is 288 g/mol. The molecule has 2 aromatic rings. The van der Waals surface area contributed by atoms with Gasteiger partial charge in [0, 0.05) is 25.4 Å². The van der Waals surface area contributed by atoms with E-state index >= 15 is 0 Å². The highest BCUT2D eigenvalue weighted by Crippen LogP contribution is 2.18. The molecule has 20 heavy (non-hydrogen) atoms. The summed E-state index contributed by atoms with van der Waals surface area (Å²) in [5, 5.41) is 12.5. The number of nitrogens with zero attached hydrogens (tertiary/aromatic N) is 4. The summed E-state index contributed by atoms with van der Waals surface area (Å²) in [6, 6.07) is 3.69. The van der Waals surface area contributed by atoms with Gasteiger partial charge < -0.3 is 9.88 Å². The second-order valence-electron chi connectivity index (χ2n) is 4.81. The van der Waals surface area contributed by atoms with Gasteiger partial charge in [-0.15, -0.1) is 0 Å². The van der Waals surface area contributed by atoms with Crippen LogP contribution >= 0.6 is 11.6 Å². The van der Waals surface area contributed by atoms with Crippen LogP contribution in [-0.2, 0) is 19.5 Å². The van der Waals surface area contributed by atoms with E-state index in [2.05, 4.69) is 26.0 Å². The maximum Gasteiger partial charge on any atom is 0.127 e. The van der Waals surface area contributed by atoms with Crippen molar-refractivity contribution >= 4 is 17.4 Å². The summed E-state index contributed by atoms with van der Waals surface area (Å²) in [6.45, 7) is 1.65. The maximum absolute atomic E-state index is 8.93. The number of anilines is 1. The van der Waals surface area contributed by atoms with E-state index in [0.29, 0.717) is 22.9 Å². The molecule has 0 radical (unpaired) electrons.